The first kappa shape index (κ1) is 17.5. The number of rotatable bonds is 6. The van der Waals surface area contributed by atoms with Gasteiger partial charge in [0.2, 0.25) is 5.75 Å². The lowest BCUT2D eigenvalue weighted by Crippen LogP contribution is -2.03. The van der Waals surface area contributed by atoms with E-state index in [1.807, 2.05) is 24.4 Å². The zero-order valence-electron chi connectivity index (χ0n) is 15.1. The molecule has 0 atom stereocenters. The lowest BCUT2D eigenvalue weighted by Gasteiger charge is -2.13. The number of Topliss-reactive ketones (excluding diaryl/α,β-unsaturated/α-hetero) is 1. The standard InChI is InChI=1S/C20H20N2O4/c1-12(8-14-11-22-20-15(14)6-5-7-21-20)18(23)13-9-16(24-2)19(26-4)17(10-13)25-3/h5-11H,1-4H3,(H,21,22)/b12-8+. The van der Waals surface area contributed by atoms with Gasteiger partial charge in [0.05, 0.1) is 21.3 Å². The second-order valence-electron chi connectivity index (χ2n) is 5.71. The molecular formula is C20H20N2O4. The molecule has 134 valence electrons. The highest BCUT2D eigenvalue weighted by atomic mass is 16.5. The number of ether oxygens (including phenoxy) is 3. The molecule has 26 heavy (non-hydrogen) atoms. The number of carbonyl (C=O) groups excluding carboxylic acids is 1. The Balaban J connectivity index is 2.00. The molecule has 6 heteroatoms. The number of pyridine rings is 1. The minimum atomic E-state index is -0.123. The highest BCUT2D eigenvalue weighted by molar-refractivity contribution is 6.12. The number of fused-ring (bicyclic) bond motifs is 1. The minimum absolute atomic E-state index is 0.123. The third-order valence-corrected chi connectivity index (χ3v) is 4.14. The van der Waals surface area contributed by atoms with Crippen LogP contribution in [0.2, 0.25) is 0 Å². The van der Waals surface area contributed by atoms with E-state index in [0.29, 0.717) is 28.4 Å². The molecule has 0 unspecified atom stereocenters. The lowest BCUT2D eigenvalue weighted by atomic mass is 10.0. The molecule has 3 rings (SSSR count). The van der Waals surface area contributed by atoms with Gasteiger partial charge in [0.25, 0.3) is 0 Å². The summed E-state index contributed by atoms with van der Waals surface area (Å²) in [4.78, 5) is 20.3. The Morgan fingerprint density at radius 3 is 2.42 bits per heavy atom. The number of H-pyrrole nitrogens is 1. The van der Waals surface area contributed by atoms with Gasteiger partial charge in [0, 0.05) is 28.9 Å². The number of methoxy groups -OCH3 is 3. The molecule has 0 saturated carbocycles. The first-order valence-corrected chi connectivity index (χ1v) is 8.04. The summed E-state index contributed by atoms with van der Waals surface area (Å²) in [6.07, 6.45) is 5.40. The van der Waals surface area contributed by atoms with Crippen molar-refractivity contribution in [2.75, 3.05) is 21.3 Å². The maximum atomic E-state index is 12.9. The average Bonchev–Trinajstić information content (AvgIpc) is 3.09. The summed E-state index contributed by atoms with van der Waals surface area (Å²) >= 11 is 0. The summed E-state index contributed by atoms with van der Waals surface area (Å²) in [6, 6.07) is 7.13. The first-order chi connectivity index (χ1) is 12.6. The Labute approximate surface area is 151 Å². The Hall–Kier alpha value is -3.28. The normalized spacial score (nSPS) is 11.5. The van der Waals surface area contributed by atoms with Gasteiger partial charge in [-0.2, -0.15) is 0 Å². The molecule has 0 aliphatic heterocycles. The van der Waals surface area contributed by atoms with Crippen LogP contribution in [-0.2, 0) is 0 Å². The van der Waals surface area contributed by atoms with Gasteiger partial charge < -0.3 is 19.2 Å². The fourth-order valence-electron chi connectivity index (χ4n) is 2.84. The van der Waals surface area contributed by atoms with E-state index in [-0.39, 0.29) is 5.78 Å². The van der Waals surface area contributed by atoms with Crippen LogP contribution < -0.4 is 14.2 Å². The zero-order valence-corrected chi connectivity index (χ0v) is 15.1. The number of nitrogens with one attached hydrogen (secondary N) is 1. The van der Waals surface area contributed by atoms with Crippen molar-refractivity contribution < 1.29 is 19.0 Å². The van der Waals surface area contributed by atoms with E-state index in [9.17, 15) is 4.79 Å². The Morgan fingerprint density at radius 2 is 1.81 bits per heavy atom. The van der Waals surface area contributed by atoms with Crippen molar-refractivity contribution in [3.63, 3.8) is 0 Å². The molecule has 0 aliphatic rings. The molecule has 0 saturated heterocycles. The van der Waals surface area contributed by atoms with Crippen molar-refractivity contribution in [2.45, 2.75) is 6.92 Å². The summed E-state index contributed by atoms with van der Waals surface area (Å²) in [5.41, 5.74) is 2.74. The van der Waals surface area contributed by atoms with E-state index in [1.54, 1.807) is 25.3 Å². The van der Waals surface area contributed by atoms with Crippen LogP contribution >= 0.6 is 0 Å². The zero-order chi connectivity index (χ0) is 18.7. The predicted molar refractivity (Wildman–Crippen MR) is 100 cm³/mol. The molecule has 2 heterocycles. The number of nitrogens with zero attached hydrogens (tertiary/aromatic N) is 1. The van der Waals surface area contributed by atoms with Crippen LogP contribution in [-0.4, -0.2) is 37.1 Å². The van der Waals surface area contributed by atoms with Crippen LogP contribution in [0.4, 0.5) is 0 Å². The van der Waals surface area contributed by atoms with Gasteiger partial charge >= 0.3 is 0 Å². The Kier molecular flexibility index (Phi) is 4.93. The topological polar surface area (TPSA) is 73.4 Å². The van der Waals surface area contributed by atoms with E-state index >= 15 is 0 Å². The number of hydrogen-bond acceptors (Lipinski definition) is 5. The van der Waals surface area contributed by atoms with Crippen molar-refractivity contribution in [1.29, 1.82) is 0 Å². The van der Waals surface area contributed by atoms with Gasteiger partial charge in [-0.3, -0.25) is 4.79 Å². The molecule has 1 aromatic carbocycles. The molecule has 0 radical (unpaired) electrons. The summed E-state index contributed by atoms with van der Waals surface area (Å²) in [5.74, 6) is 1.22. The summed E-state index contributed by atoms with van der Waals surface area (Å²) in [6.45, 7) is 1.78. The molecular weight excluding hydrogens is 332 g/mol. The van der Waals surface area contributed by atoms with Gasteiger partial charge in [-0.05, 0) is 42.8 Å². The maximum absolute atomic E-state index is 12.9. The predicted octanol–water partition coefficient (Wildman–Crippen LogP) is 3.87. The fourth-order valence-corrected chi connectivity index (χ4v) is 2.84. The highest BCUT2D eigenvalue weighted by Gasteiger charge is 2.18. The van der Waals surface area contributed by atoms with Crippen molar-refractivity contribution in [1.82, 2.24) is 9.97 Å². The number of allylic oxidation sites excluding steroid dienone is 1. The van der Waals surface area contributed by atoms with Crippen LogP contribution in [0.25, 0.3) is 17.1 Å². The van der Waals surface area contributed by atoms with Gasteiger partial charge in [-0.25, -0.2) is 4.98 Å². The van der Waals surface area contributed by atoms with Crippen LogP contribution in [0, 0.1) is 0 Å². The minimum Gasteiger partial charge on any atom is -0.493 e. The molecule has 2 aromatic heterocycles. The number of benzene rings is 1. The lowest BCUT2D eigenvalue weighted by molar-refractivity contribution is 0.103. The Morgan fingerprint density at radius 1 is 1.12 bits per heavy atom. The van der Waals surface area contributed by atoms with Crippen LogP contribution in [0.15, 0.2) is 42.2 Å². The third-order valence-electron chi connectivity index (χ3n) is 4.14. The van der Waals surface area contributed by atoms with Gasteiger partial charge in [-0.15, -0.1) is 0 Å². The van der Waals surface area contributed by atoms with Gasteiger partial charge in [0.15, 0.2) is 17.3 Å². The van der Waals surface area contributed by atoms with E-state index in [0.717, 1.165) is 16.6 Å². The number of ketones is 1. The van der Waals surface area contributed by atoms with Crippen LogP contribution in [0.5, 0.6) is 17.2 Å². The molecule has 0 amide bonds. The van der Waals surface area contributed by atoms with Crippen LogP contribution in [0.3, 0.4) is 0 Å². The summed E-state index contributed by atoms with van der Waals surface area (Å²) in [5, 5.41) is 0.963. The van der Waals surface area contributed by atoms with Crippen molar-refractivity contribution in [3.05, 3.63) is 53.4 Å². The van der Waals surface area contributed by atoms with E-state index in [4.69, 9.17) is 14.2 Å². The smallest absolute Gasteiger partial charge is 0.203 e. The summed E-state index contributed by atoms with van der Waals surface area (Å²) < 4.78 is 15.9. The van der Waals surface area contributed by atoms with E-state index in [2.05, 4.69) is 9.97 Å². The van der Waals surface area contributed by atoms with E-state index < -0.39 is 0 Å². The second-order valence-corrected chi connectivity index (χ2v) is 5.71. The molecule has 1 N–H and O–H groups in total. The third kappa shape index (κ3) is 3.13. The van der Waals surface area contributed by atoms with Gasteiger partial charge in [0.1, 0.15) is 5.65 Å². The maximum Gasteiger partial charge on any atom is 0.203 e. The second kappa shape index (κ2) is 7.31. The molecule has 0 fully saturated rings. The molecule has 0 bridgehead atoms. The molecule has 3 aromatic rings. The Bertz CT molecular complexity index is 963. The molecule has 0 spiro atoms. The monoisotopic (exact) mass is 352 g/mol. The van der Waals surface area contributed by atoms with Gasteiger partial charge in [-0.1, -0.05) is 0 Å². The fraction of sp³-hybridized carbons (Fsp3) is 0.200. The summed E-state index contributed by atoms with van der Waals surface area (Å²) in [7, 11) is 4.57. The number of aromatic amines is 1. The number of aromatic nitrogens is 2. The number of carbonyl (C=O) groups is 1. The quantitative estimate of drug-likeness (QED) is 0.538. The highest BCUT2D eigenvalue weighted by Crippen LogP contribution is 2.38. The number of hydrogen-bond donors (Lipinski definition) is 1. The average molecular weight is 352 g/mol. The van der Waals surface area contributed by atoms with E-state index in [1.165, 1.54) is 21.3 Å². The molecule has 6 nitrogen and oxygen atoms in total. The van der Waals surface area contributed by atoms with Crippen molar-refractivity contribution in [3.8, 4) is 17.2 Å². The SMILES string of the molecule is COc1cc(C(=O)/C(C)=C/c2c[nH]c3ncccc23)cc(OC)c1OC. The molecule has 0 aliphatic carbocycles. The largest absolute Gasteiger partial charge is 0.493 e. The van der Waals surface area contributed by atoms with Crippen LogP contribution in [0.1, 0.15) is 22.8 Å². The van der Waals surface area contributed by atoms with Crippen molar-refractivity contribution >= 4 is 22.9 Å². The van der Waals surface area contributed by atoms with Crippen molar-refractivity contribution in [2.24, 2.45) is 0 Å². The first-order valence-electron chi connectivity index (χ1n) is 8.04.